The molecule has 2 aromatic heterocycles. The molecule has 3 aromatic rings. The zero-order chi connectivity index (χ0) is 20.7. The Hall–Kier alpha value is -4.19. The van der Waals surface area contributed by atoms with E-state index in [0.29, 0.717) is 29.2 Å². The smallest absolute Gasteiger partial charge is 0.326 e. The molecule has 0 radical (unpaired) electrons. The quantitative estimate of drug-likeness (QED) is 0.445. The second-order valence-corrected chi connectivity index (χ2v) is 7.34. The molecule has 0 spiro atoms. The van der Waals surface area contributed by atoms with E-state index in [9.17, 15) is 9.59 Å². The molecule has 30 heavy (non-hydrogen) atoms. The highest BCUT2D eigenvalue weighted by Crippen LogP contribution is 2.27. The highest BCUT2D eigenvalue weighted by molar-refractivity contribution is 6.14. The second-order valence-electron chi connectivity index (χ2n) is 7.34. The van der Waals surface area contributed by atoms with Gasteiger partial charge >= 0.3 is 6.03 Å². The van der Waals surface area contributed by atoms with Crippen molar-refractivity contribution in [2.24, 2.45) is 0 Å². The number of amides is 3. The highest BCUT2D eigenvalue weighted by Gasteiger charge is 2.25. The lowest BCUT2D eigenvalue weighted by molar-refractivity contribution is -0.115. The average Bonchev–Trinajstić information content (AvgIpc) is 3.37. The first-order valence-electron chi connectivity index (χ1n) is 9.56. The second kappa shape index (κ2) is 7.00. The Kier molecular flexibility index (Phi) is 4.17. The van der Waals surface area contributed by atoms with Gasteiger partial charge in [0.05, 0.1) is 23.5 Å². The summed E-state index contributed by atoms with van der Waals surface area (Å²) < 4.78 is 1.70. The zero-order valence-corrected chi connectivity index (χ0v) is 15.8. The number of carbonyl (C=O) groups excluding carboxylic acids is 2. The summed E-state index contributed by atoms with van der Waals surface area (Å²) >= 11 is 0. The third-order valence-corrected chi connectivity index (χ3v) is 4.94. The monoisotopic (exact) mass is 399 g/mol. The molecule has 1 aromatic carbocycles. The summed E-state index contributed by atoms with van der Waals surface area (Å²) in [6.07, 6.45) is 5.94. The SMILES string of the molecule is N#Cc1cccc(Cc2cc(NC3CC3)n3ncc(C=C4NC(=O)NC4=O)c3n2)c1. The number of nitrogens with zero attached hydrogens (tertiary/aromatic N) is 4. The van der Waals surface area contributed by atoms with Gasteiger partial charge in [-0.3, -0.25) is 10.1 Å². The number of anilines is 1. The molecule has 0 atom stereocenters. The molecule has 3 amide bonds. The Morgan fingerprint density at radius 1 is 1.27 bits per heavy atom. The zero-order valence-electron chi connectivity index (χ0n) is 15.8. The number of rotatable bonds is 5. The lowest BCUT2D eigenvalue weighted by Crippen LogP contribution is -2.22. The summed E-state index contributed by atoms with van der Waals surface area (Å²) in [6.45, 7) is 0. The number of benzene rings is 1. The summed E-state index contributed by atoms with van der Waals surface area (Å²) in [5.74, 6) is 0.332. The predicted molar refractivity (Wildman–Crippen MR) is 108 cm³/mol. The van der Waals surface area contributed by atoms with E-state index in [1.807, 2.05) is 24.3 Å². The molecule has 1 aliphatic carbocycles. The maximum Gasteiger partial charge on any atom is 0.326 e. The number of hydrogen-bond donors (Lipinski definition) is 3. The van der Waals surface area contributed by atoms with E-state index in [0.717, 1.165) is 29.9 Å². The van der Waals surface area contributed by atoms with Crippen LogP contribution in [0.4, 0.5) is 10.6 Å². The Bertz CT molecular complexity index is 1260. The predicted octanol–water partition coefficient (Wildman–Crippen LogP) is 1.95. The fourth-order valence-corrected chi connectivity index (χ4v) is 3.36. The van der Waals surface area contributed by atoms with Crippen LogP contribution in [0.3, 0.4) is 0 Å². The summed E-state index contributed by atoms with van der Waals surface area (Å²) in [4.78, 5) is 28.0. The van der Waals surface area contributed by atoms with Crippen molar-refractivity contribution in [3.05, 3.63) is 64.6 Å². The van der Waals surface area contributed by atoms with Crippen LogP contribution in [0.15, 0.2) is 42.2 Å². The first kappa shape index (κ1) is 17.9. The van der Waals surface area contributed by atoms with Crippen molar-refractivity contribution in [1.82, 2.24) is 25.2 Å². The van der Waals surface area contributed by atoms with Gasteiger partial charge in [0.15, 0.2) is 5.65 Å². The number of aromatic nitrogens is 3. The van der Waals surface area contributed by atoms with Crippen molar-refractivity contribution in [3.63, 3.8) is 0 Å². The minimum Gasteiger partial charge on any atom is -0.367 e. The van der Waals surface area contributed by atoms with Crippen molar-refractivity contribution in [3.8, 4) is 6.07 Å². The minimum atomic E-state index is -0.551. The first-order chi connectivity index (χ1) is 14.6. The van der Waals surface area contributed by atoms with Crippen molar-refractivity contribution in [2.45, 2.75) is 25.3 Å². The van der Waals surface area contributed by atoms with Gasteiger partial charge in [-0.25, -0.2) is 9.78 Å². The van der Waals surface area contributed by atoms with Crippen LogP contribution in [0.5, 0.6) is 0 Å². The summed E-state index contributed by atoms with van der Waals surface area (Å²) in [5, 5.41) is 21.7. The van der Waals surface area contributed by atoms with Crippen molar-refractivity contribution >= 4 is 29.5 Å². The van der Waals surface area contributed by atoms with Crippen LogP contribution >= 0.6 is 0 Å². The highest BCUT2D eigenvalue weighted by atomic mass is 16.2. The Morgan fingerprint density at radius 2 is 2.13 bits per heavy atom. The van der Waals surface area contributed by atoms with Gasteiger partial charge in [-0.15, -0.1) is 0 Å². The molecule has 2 aliphatic rings. The van der Waals surface area contributed by atoms with Gasteiger partial charge in [0.1, 0.15) is 11.5 Å². The van der Waals surface area contributed by atoms with E-state index >= 15 is 0 Å². The van der Waals surface area contributed by atoms with Gasteiger partial charge in [-0.1, -0.05) is 12.1 Å². The van der Waals surface area contributed by atoms with Gasteiger partial charge in [-0.05, 0) is 36.6 Å². The molecule has 3 N–H and O–H groups in total. The van der Waals surface area contributed by atoms with E-state index in [-0.39, 0.29) is 5.70 Å². The number of carbonyl (C=O) groups is 2. The number of nitrogens with one attached hydrogen (secondary N) is 3. The van der Waals surface area contributed by atoms with Crippen molar-refractivity contribution in [1.29, 1.82) is 5.26 Å². The fourth-order valence-electron chi connectivity index (χ4n) is 3.36. The van der Waals surface area contributed by atoms with E-state index < -0.39 is 11.9 Å². The van der Waals surface area contributed by atoms with Crippen molar-refractivity contribution < 1.29 is 9.59 Å². The molecular weight excluding hydrogens is 382 g/mol. The largest absolute Gasteiger partial charge is 0.367 e. The molecule has 0 unspecified atom stereocenters. The number of fused-ring (bicyclic) bond motifs is 1. The van der Waals surface area contributed by atoms with Crippen LogP contribution in [0.2, 0.25) is 0 Å². The van der Waals surface area contributed by atoms with Crippen LogP contribution in [-0.2, 0) is 11.2 Å². The molecule has 5 rings (SSSR count). The first-order valence-corrected chi connectivity index (χ1v) is 9.56. The molecule has 0 bridgehead atoms. The molecule has 1 saturated heterocycles. The minimum absolute atomic E-state index is 0.153. The standard InChI is InChI=1S/C21H17N7O2/c22-10-13-3-1-2-12(6-13)7-16-9-18(24-15-4-5-15)28-19(25-16)14(11-23-28)8-17-20(29)27-21(30)26-17/h1-3,6,8-9,11,15,24H,4-5,7H2,(H2,26,27,29,30). The number of urea groups is 1. The van der Waals surface area contributed by atoms with Crippen LogP contribution < -0.4 is 16.0 Å². The summed E-state index contributed by atoms with van der Waals surface area (Å²) in [7, 11) is 0. The fraction of sp³-hybridized carbons (Fsp3) is 0.190. The number of nitriles is 1. The maximum atomic E-state index is 11.9. The number of hydrogen-bond acceptors (Lipinski definition) is 6. The van der Waals surface area contributed by atoms with E-state index in [1.54, 1.807) is 22.9 Å². The van der Waals surface area contributed by atoms with Gasteiger partial charge in [0, 0.05) is 24.1 Å². The van der Waals surface area contributed by atoms with Crippen LogP contribution in [0.25, 0.3) is 11.7 Å². The third-order valence-electron chi connectivity index (χ3n) is 4.94. The molecule has 1 aliphatic heterocycles. The Labute approximate surface area is 171 Å². The summed E-state index contributed by atoms with van der Waals surface area (Å²) in [5.41, 5.74) is 3.73. The van der Waals surface area contributed by atoms with E-state index in [4.69, 9.17) is 10.2 Å². The third kappa shape index (κ3) is 3.46. The normalized spacial score (nSPS) is 17.1. The molecule has 3 heterocycles. The number of imide groups is 1. The van der Waals surface area contributed by atoms with Crippen LogP contribution in [0.1, 0.15) is 35.2 Å². The van der Waals surface area contributed by atoms with Crippen LogP contribution in [-0.4, -0.2) is 32.6 Å². The topological polar surface area (TPSA) is 124 Å². The maximum absolute atomic E-state index is 11.9. The Morgan fingerprint density at radius 3 is 2.87 bits per heavy atom. The molecular formula is C21H17N7O2. The van der Waals surface area contributed by atoms with E-state index in [1.165, 1.54) is 0 Å². The molecule has 1 saturated carbocycles. The Balaban J connectivity index is 1.57. The van der Waals surface area contributed by atoms with Gasteiger partial charge in [0.25, 0.3) is 5.91 Å². The van der Waals surface area contributed by atoms with Crippen molar-refractivity contribution in [2.75, 3.05) is 5.32 Å². The van der Waals surface area contributed by atoms with Gasteiger partial charge < -0.3 is 10.6 Å². The van der Waals surface area contributed by atoms with E-state index in [2.05, 4.69) is 27.1 Å². The average molecular weight is 399 g/mol. The molecule has 148 valence electrons. The lowest BCUT2D eigenvalue weighted by Gasteiger charge is -2.10. The molecule has 2 fully saturated rings. The lowest BCUT2D eigenvalue weighted by atomic mass is 10.1. The van der Waals surface area contributed by atoms with Crippen LogP contribution in [0, 0.1) is 11.3 Å². The summed E-state index contributed by atoms with van der Waals surface area (Å²) in [6, 6.07) is 11.4. The van der Waals surface area contributed by atoms with Gasteiger partial charge in [-0.2, -0.15) is 14.9 Å². The van der Waals surface area contributed by atoms with Gasteiger partial charge in [0.2, 0.25) is 0 Å². The molecule has 9 nitrogen and oxygen atoms in total. The molecule has 9 heteroatoms.